The van der Waals surface area contributed by atoms with E-state index in [9.17, 15) is 9.59 Å². The van der Waals surface area contributed by atoms with Gasteiger partial charge in [0.05, 0.1) is 6.61 Å². The molecule has 1 rings (SSSR count). The molecule has 1 N–H and O–H groups in total. The number of carbonyl (C=O) groups is 2. The van der Waals surface area contributed by atoms with Crippen LogP contribution in [-0.2, 0) is 14.3 Å². The summed E-state index contributed by atoms with van der Waals surface area (Å²) in [5.74, 6) is -1.13. The lowest BCUT2D eigenvalue weighted by Crippen LogP contribution is -1.95. The molecule has 92 valence electrons. The number of ether oxygens (including phenoxy) is 1. The topological polar surface area (TPSA) is 63.6 Å². The van der Waals surface area contributed by atoms with Gasteiger partial charge in [0.25, 0.3) is 0 Å². The minimum absolute atomic E-state index is 0.211. The van der Waals surface area contributed by atoms with Crippen molar-refractivity contribution < 1.29 is 19.4 Å². The second kappa shape index (κ2) is 9.15. The van der Waals surface area contributed by atoms with Gasteiger partial charge in [-0.15, -0.1) is 0 Å². The number of hydrogen-bond donors (Lipinski definition) is 1. The Morgan fingerprint density at radius 2 is 1.88 bits per heavy atom. The Bertz CT molecular complexity index is 368. The zero-order valence-corrected chi connectivity index (χ0v) is 9.92. The number of esters is 1. The molecule has 0 aliphatic rings. The smallest absolute Gasteiger partial charge is 0.328 e. The first-order valence-corrected chi connectivity index (χ1v) is 5.15. The van der Waals surface area contributed by atoms with Crippen molar-refractivity contribution in [3.05, 3.63) is 42.0 Å². The summed E-state index contributed by atoms with van der Waals surface area (Å²) < 4.78 is 4.40. The van der Waals surface area contributed by atoms with Gasteiger partial charge in [0.1, 0.15) is 0 Å². The van der Waals surface area contributed by atoms with Crippen molar-refractivity contribution >= 4 is 18.0 Å². The summed E-state index contributed by atoms with van der Waals surface area (Å²) >= 11 is 0. The van der Waals surface area contributed by atoms with Crippen LogP contribution in [0.5, 0.6) is 0 Å². The van der Waals surface area contributed by atoms with Gasteiger partial charge in [-0.25, -0.2) is 4.79 Å². The van der Waals surface area contributed by atoms with Gasteiger partial charge >= 0.3 is 11.9 Å². The number of carboxylic acids is 1. The molecule has 0 radical (unpaired) electrons. The van der Waals surface area contributed by atoms with E-state index in [1.165, 1.54) is 6.92 Å². The molecule has 0 spiro atoms. The fourth-order valence-corrected chi connectivity index (χ4v) is 0.935. The molecule has 17 heavy (non-hydrogen) atoms. The molecule has 0 aliphatic carbocycles. The predicted octanol–water partition coefficient (Wildman–Crippen LogP) is 2.35. The lowest BCUT2D eigenvalue weighted by molar-refractivity contribution is -0.140. The van der Waals surface area contributed by atoms with Crippen LogP contribution in [0.3, 0.4) is 0 Å². The molecule has 1 aromatic carbocycles. The van der Waals surface area contributed by atoms with E-state index in [4.69, 9.17) is 5.11 Å². The van der Waals surface area contributed by atoms with Crippen LogP contribution in [0.1, 0.15) is 19.4 Å². The van der Waals surface area contributed by atoms with Crippen molar-refractivity contribution in [2.24, 2.45) is 0 Å². The largest absolute Gasteiger partial charge is 0.478 e. The van der Waals surface area contributed by atoms with E-state index in [0.29, 0.717) is 6.61 Å². The van der Waals surface area contributed by atoms with E-state index in [-0.39, 0.29) is 5.97 Å². The van der Waals surface area contributed by atoms with E-state index in [0.717, 1.165) is 11.6 Å². The fourth-order valence-electron chi connectivity index (χ4n) is 0.935. The summed E-state index contributed by atoms with van der Waals surface area (Å²) in [5.41, 5.74) is 0.898. The van der Waals surface area contributed by atoms with Crippen LogP contribution in [0.2, 0.25) is 0 Å². The first-order chi connectivity index (χ1) is 8.06. The fraction of sp³-hybridized carbons (Fsp3) is 0.231. The molecule has 0 saturated heterocycles. The van der Waals surface area contributed by atoms with E-state index in [1.54, 1.807) is 13.0 Å². The molecular formula is C13H16O4. The molecule has 0 bridgehead atoms. The van der Waals surface area contributed by atoms with Gasteiger partial charge in [-0.2, -0.15) is 0 Å². The summed E-state index contributed by atoms with van der Waals surface area (Å²) in [6, 6.07) is 9.31. The Morgan fingerprint density at radius 1 is 1.29 bits per heavy atom. The maximum atomic E-state index is 10.1. The quantitative estimate of drug-likeness (QED) is 0.646. The number of hydrogen-bond acceptors (Lipinski definition) is 3. The maximum absolute atomic E-state index is 10.1. The summed E-state index contributed by atoms with van der Waals surface area (Å²) in [6.07, 6.45) is 2.68. The standard InChI is InChI=1S/C9H8O2.C4H8O2/c10-9(11)7-6-8-4-2-1-3-5-8;1-3-6-4(2)5/h1-7H,(H,10,11);3H2,1-2H3. The van der Waals surface area contributed by atoms with E-state index >= 15 is 0 Å². The number of carbonyl (C=O) groups excluding carboxylic acids is 1. The van der Waals surface area contributed by atoms with Crippen LogP contribution in [0, 0.1) is 0 Å². The molecule has 0 amide bonds. The second-order valence-electron chi connectivity index (χ2n) is 3.01. The molecule has 1 aromatic rings. The molecule has 0 aliphatic heterocycles. The molecule has 4 nitrogen and oxygen atoms in total. The van der Waals surface area contributed by atoms with Gasteiger partial charge in [0.15, 0.2) is 0 Å². The number of benzene rings is 1. The van der Waals surface area contributed by atoms with Crippen LogP contribution >= 0.6 is 0 Å². The highest BCUT2D eigenvalue weighted by molar-refractivity contribution is 5.85. The minimum Gasteiger partial charge on any atom is -0.478 e. The van der Waals surface area contributed by atoms with E-state index in [1.807, 2.05) is 30.3 Å². The molecule has 4 heteroatoms. The van der Waals surface area contributed by atoms with Gasteiger partial charge in [0.2, 0.25) is 0 Å². The van der Waals surface area contributed by atoms with Crippen molar-refractivity contribution in [2.75, 3.05) is 6.61 Å². The Hall–Kier alpha value is -2.10. The maximum Gasteiger partial charge on any atom is 0.328 e. The summed E-state index contributed by atoms with van der Waals surface area (Å²) in [6.45, 7) is 3.65. The van der Waals surface area contributed by atoms with Gasteiger partial charge in [-0.3, -0.25) is 4.79 Å². The monoisotopic (exact) mass is 236 g/mol. The van der Waals surface area contributed by atoms with Gasteiger partial charge in [-0.1, -0.05) is 30.3 Å². The van der Waals surface area contributed by atoms with Crippen LogP contribution in [0.4, 0.5) is 0 Å². The van der Waals surface area contributed by atoms with E-state index < -0.39 is 5.97 Å². The highest BCUT2D eigenvalue weighted by Gasteiger charge is 1.86. The lowest BCUT2D eigenvalue weighted by Gasteiger charge is -1.89. The average Bonchev–Trinajstić information content (AvgIpc) is 2.28. The third-order valence-electron chi connectivity index (χ3n) is 1.57. The third kappa shape index (κ3) is 10.2. The van der Waals surface area contributed by atoms with Crippen LogP contribution in [0.25, 0.3) is 6.08 Å². The average molecular weight is 236 g/mol. The van der Waals surface area contributed by atoms with Crippen LogP contribution in [-0.4, -0.2) is 23.7 Å². The van der Waals surface area contributed by atoms with Gasteiger partial charge in [0, 0.05) is 13.0 Å². The molecule has 0 unspecified atom stereocenters. The van der Waals surface area contributed by atoms with Crippen molar-refractivity contribution in [2.45, 2.75) is 13.8 Å². The Labute approximate surface area is 101 Å². The molecule has 0 saturated carbocycles. The van der Waals surface area contributed by atoms with E-state index in [2.05, 4.69) is 4.74 Å². The Balaban J connectivity index is 0.000000366. The van der Waals surface area contributed by atoms with Crippen LogP contribution < -0.4 is 0 Å². The summed E-state index contributed by atoms with van der Waals surface area (Å²) in [4.78, 5) is 19.9. The second-order valence-corrected chi connectivity index (χ2v) is 3.01. The number of aliphatic carboxylic acids is 1. The first kappa shape index (κ1) is 14.9. The van der Waals surface area contributed by atoms with Gasteiger partial charge in [-0.05, 0) is 18.6 Å². The Morgan fingerprint density at radius 3 is 2.24 bits per heavy atom. The van der Waals surface area contributed by atoms with Gasteiger partial charge < -0.3 is 9.84 Å². The highest BCUT2D eigenvalue weighted by Crippen LogP contribution is 1.99. The minimum atomic E-state index is -0.922. The van der Waals surface area contributed by atoms with Crippen molar-refractivity contribution in [3.8, 4) is 0 Å². The normalized spacial score (nSPS) is 9.29. The Kier molecular flexibility index (Phi) is 8.02. The molecule has 0 aromatic heterocycles. The third-order valence-corrected chi connectivity index (χ3v) is 1.57. The predicted molar refractivity (Wildman–Crippen MR) is 65.4 cm³/mol. The van der Waals surface area contributed by atoms with Crippen LogP contribution in [0.15, 0.2) is 36.4 Å². The molecule has 0 atom stereocenters. The van der Waals surface area contributed by atoms with Crippen molar-refractivity contribution in [1.82, 2.24) is 0 Å². The SMILES string of the molecule is CCOC(C)=O.O=C(O)C=Cc1ccccc1. The number of rotatable bonds is 3. The molecule has 0 heterocycles. The molecule has 0 fully saturated rings. The summed E-state index contributed by atoms with van der Waals surface area (Å²) in [5, 5.41) is 8.29. The van der Waals surface area contributed by atoms with Crippen molar-refractivity contribution in [1.29, 1.82) is 0 Å². The number of carboxylic acid groups (broad SMARTS) is 1. The van der Waals surface area contributed by atoms with Crippen molar-refractivity contribution in [3.63, 3.8) is 0 Å². The highest BCUT2D eigenvalue weighted by atomic mass is 16.5. The first-order valence-electron chi connectivity index (χ1n) is 5.15. The zero-order chi connectivity index (χ0) is 13.1. The lowest BCUT2D eigenvalue weighted by atomic mass is 10.2. The summed E-state index contributed by atoms with van der Waals surface area (Å²) in [7, 11) is 0. The zero-order valence-electron chi connectivity index (χ0n) is 9.92. The molecular weight excluding hydrogens is 220 g/mol.